The van der Waals surface area contributed by atoms with E-state index in [1.54, 1.807) is 16.8 Å². The van der Waals surface area contributed by atoms with Crippen LogP contribution in [0.4, 0.5) is 25.0 Å². The van der Waals surface area contributed by atoms with Crippen molar-refractivity contribution < 1.29 is 18.3 Å². The molecule has 33 heavy (non-hydrogen) atoms. The molecular formula is C25H22F2N4O2. The molecule has 0 aliphatic carbocycles. The van der Waals surface area contributed by atoms with Crippen molar-refractivity contribution in [3.05, 3.63) is 96.1 Å². The summed E-state index contributed by atoms with van der Waals surface area (Å²) in [5, 5.41) is 6.99. The van der Waals surface area contributed by atoms with Crippen LogP contribution in [0.1, 0.15) is 23.6 Å². The van der Waals surface area contributed by atoms with Gasteiger partial charge < -0.3 is 9.64 Å². The second-order valence-electron chi connectivity index (χ2n) is 8.02. The summed E-state index contributed by atoms with van der Waals surface area (Å²) >= 11 is 0. The highest BCUT2D eigenvalue weighted by Crippen LogP contribution is 2.38. The van der Waals surface area contributed by atoms with Gasteiger partial charge in [-0.25, -0.2) is 18.1 Å². The Bertz CT molecular complexity index is 1280. The van der Waals surface area contributed by atoms with Gasteiger partial charge in [-0.3, -0.25) is 5.32 Å². The summed E-state index contributed by atoms with van der Waals surface area (Å²) in [5.74, 6) is -0.346. The standard InChI is InChI=1S/C25H22F2N4O2/c26-19-8-4-7-18(11-19)23-12-20(27)15-30(23)21-9-10-31-24(13-21)22(14-28-31)29-25(32)33-16-17-5-2-1-3-6-17/h1-11,13-14,20,23H,12,15-16H2,(H,29,32)/t20-,23?/m0/s1. The lowest BCUT2D eigenvalue weighted by Crippen LogP contribution is -2.23. The molecule has 5 rings (SSSR count). The maximum atomic E-state index is 14.4. The van der Waals surface area contributed by atoms with Gasteiger partial charge in [0, 0.05) is 24.8 Å². The van der Waals surface area contributed by atoms with E-state index in [-0.39, 0.29) is 31.4 Å². The summed E-state index contributed by atoms with van der Waals surface area (Å²) in [5.41, 5.74) is 3.50. The minimum atomic E-state index is -1.02. The predicted molar refractivity (Wildman–Crippen MR) is 121 cm³/mol. The molecule has 0 spiro atoms. The quantitative estimate of drug-likeness (QED) is 0.437. The van der Waals surface area contributed by atoms with Crippen LogP contribution < -0.4 is 10.2 Å². The van der Waals surface area contributed by atoms with Gasteiger partial charge in [-0.2, -0.15) is 5.10 Å². The fourth-order valence-corrected chi connectivity index (χ4v) is 4.21. The first-order valence-corrected chi connectivity index (χ1v) is 10.7. The Kier molecular flexibility index (Phi) is 5.64. The zero-order chi connectivity index (χ0) is 22.8. The van der Waals surface area contributed by atoms with Gasteiger partial charge in [0.15, 0.2) is 0 Å². The van der Waals surface area contributed by atoms with Gasteiger partial charge in [0.2, 0.25) is 0 Å². The molecule has 4 aromatic rings. The van der Waals surface area contributed by atoms with Crippen molar-refractivity contribution in [2.45, 2.75) is 25.2 Å². The number of anilines is 2. The van der Waals surface area contributed by atoms with Crippen LogP contribution in [0.3, 0.4) is 0 Å². The number of nitrogens with zero attached hydrogens (tertiary/aromatic N) is 3. The number of rotatable bonds is 5. The van der Waals surface area contributed by atoms with Gasteiger partial charge in [0.05, 0.1) is 23.4 Å². The molecule has 1 saturated heterocycles. The number of pyridine rings is 1. The number of hydrogen-bond acceptors (Lipinski definition) is 4. The van der Waals surface area contributed by atoms with Crippen LogP contribution in [0.25, 0.3) is 5.52 Å². The van der Waals surface area contributed by atoms with E-state index in [4.69, 9.17) is 4.74 Å². The number of hydrogen-bond donors (Lipinski definition) is 1. The molecule has 1 amide bonds. The zero-order valence-electron chi connectivity index (χ0n) is 17.7. The highest BCUT2D eigenvalue weighted by molar-refractivity contribution is 5.91. The molecule has 1 fully saturated rings. The SMILES string of the molecule is O=C(Nc1cnn2ccc(N3C[C@@H](F)CC3c3cccc(F)c3)cc12)OCc1ccccc1. The number of benzene rings is 2. The largest absolute Gasteiger partial charge is 0.444 e. The Labute approximate surface area is 189 Å². The summed E-state index contributed by atoms with van der Waals surface area (Å²) in [6, 6.07) is 19.1. The number of carbonyl (C=O) groups excluding carboxylic acids is 1. The number of ether oxygens (including phenoxy) is 1. The monoisotopic (exact) mass is 448 g/mol. The van der Waals surface area contributed by atoms with Gasteiger partial charge in [-0.05, 0) is 35.4 Å². The van der Waals surface area contributed by atoms with Gasteiger partial charge in [-0.1, -0.05) is 42.5 Å². The van der Waals surface area contributed by atoms with E-state index in [1.807, 2.05) is 53.4 Å². The highest BCUT2D eigenvalue weighted by Gasteiger charge is 2.33. The van der Waals surface area contributed by atoms with Crippen LogP contribution in [-0.4, -0.2) is 28.4 Å². The average Bonchev–Trinajstić information content (AvgIpc) is 3.41. The third kappa shape index (κ3) is 4.50. The summed E-state index contributed by atoms with van der Waals surface area (Å²) in [7, 11) is 0. The van der Waals surface area contributed by atoms with Gasteiger partial charge >= 0.3 is 6.09 Å². The molecular weight excluding hydrogens is 426 g/mol. The van der Waals surface area contributed by atoms with Crippen LogP contribution in [0, 0.1) is 5.82 Å². The maximum absolute atomic E-state index is 14.4. The summed E-state index contributed by atoms with van der Waals surface area (Å²) in [4.78, 5) is 14.2. The van der Waals surface area contributed by atoms with Crippen molar-refractivity contribution >= 4 is 23.0 Å². The van der Waals surface area contributed by atoms with Gasteiger partial charge in [-0.15, -0.1) is 0 Å². The molecule has 2 aromatic heterocycles. The van der Waals surface area contributed by atoms with Crippen LogP contribution in [0.2, 0.25) is 0 Å². The number of nitrogens with one attached hydrogen (secondary N) is 1. The Hall–Kier alpha value is -3.94. The van der Waals surface area contributed by atoms with Crippen molar-refractivity contribution in [2.75, 3.05) is 16.8 Å². The smallest absolute Gasteiger partial charge is 0.412 e. The summed E-state index contributed by atoms with van der Waals surface area (Å²) in [6.45, 7) is 0.353. The number of alkyl halides is 1. The predicted octanol–water partition coefficient (Wildman–Crippen LogP) is 5.51. The number of carbonyl (C=O) groups is 1. The first-order valence-electron chi connectivity index (χ1n) is 10.7. The summed E-state index contributed by atoms with van der Waals surface area (Å²) in [6.07, 6.45) is 1.95. The molecule has 2 aromatic carbocycles. The lowest BCUT2D eigenvalue weighted by molar-refractivity contribution is 0.155. The van der Waals surface area contributed by atoms with Crippen molar-refractivity contribution in [2.24, 2.45) is 0 Å². The van der Waals surface area contributed by atoms with E-state index in [0.717, 1.165) is 16.8 Å². The Balaban J connectivity index is 1.37. The van der Waals surface area contributed by atoms with Crippen molar-refractivity contribution in [3.63, 3.8) is 0 Å². The lowest BCUT2D eigenvalue weighted by atomic mass is 10.0. The molecule has 2 atom stereocenters. The topological polar surface area (TPSA) is 58.9 Å². The van der Waals surface area contributed by atoms with Gasteiger partial charge in [0.25, 0.3) is 0 Å². The second-order valence-corrected chi connectivity index (χ2v) is 8.02. The number of amides is 1. The van der Waals surface area contributed by atoms with Gasteiger partial charge in [0.1, 0.15) is 18.6 Å². The molecule has 168 valence electrons. The Morgan fingerprint density at radius 3 is 2.79 bits per heavy atom. The van der Waals surface area contributed by atoms with Crippen LogP contribution in [-0.2, 0) is 11.3 Å². The van der Waals surface area contributed by atoms with Crippen LogP contribution >= 0.6 is 0 Å². The third-order valence-electron chi connectivity index (χ3n) is 5.77. The fraction of sp³-hybridized carbons (Fsp3) is 0.200. The molecule has 0 radical (unpaired) electrons. The molecule has 1 unspecified atom stereocenters. The van der Waals surface area contributed by atoms with Crippen LogP contribution in [0.15, 0.2) is 79.1 Å². The van der Waals surface area contributed by atoms with Crippen molar-refractivity contribution in [3.8, 4) is 0 Å². The average molecular weight is 448 g/mol. The molecule has 1 N–H and O–H groups in total. The molecule has 0 saturated carbocycles. The molecule has 8 heteroatoms. The maximum Gasteiger partial charge on any atom is 0.412 e. The summed E-state index contributed by atoms with van der Waals surface area (Å²) < 4.78 is 35.1. The Morgan fingerprint density at radius 2 is 1.97 bits per heavy atom. The molecule has 1 aliphatic rings. The second kappa shape index (κ2) is 8.90. The Morgan fingerprint density at radius 1 is 1.12 bits per heavy atom. The minimum Gasteiger partial charge on any atom is -0.444 e. The molecule has 6 nitrogen and oxygen atoms in total. The van der Waals surface area contributed by atoms with E-state index >= 15 is 0 Å². The first-order chi connectivity index (χ1) is 16.1. The highest BCUT2D eigenvalue weighted by atomic mass is 19.1. The first kappa shape index (κ1) is 20.9. The molecule has 0 bridgehead atoms. The van der Waals surface area contributed by atoms with E-state index in [0.29, 0.717) is 11.2 Å². The number of fused-ring (bicyclic) bond motifs is 1. The van der Waals surface area contributed by atoms with Crippen molar-refractivity contribution in [1.29, 1.82) is 0 Å². The normalized spacial score (nSPS) is 17.9. The van der Waals surface area contributed by atoms with E-state index in [1.165, 1.54) is 18.3 Å². The van der Waals surface area contributed by atoms with E-state index < -0.39 is 12.3 Å². The number of halogens is 2. The minimum absolute atomic E-state index is 0.151. The van der Waals surface area contributed by atoms with E-state index in [9.17, 15) is 13.6 Å². The molecule has 1 aliphatic heterocycles. The third-order valence-corrected chi connectivity index (χ3v) is 5.77. The van der Waals surface area contributed by atoms with Crippen molar-refractivity contribution in [1.82, 2.24) is 9.61 Å². The number of aromatic nitrogens is 2. The van der Waals surface area contributed by atoms with E-state index in [2.05, 4.69) is 10.4 Å². The molecule has 3 heterocycles. The lowest BCUT2D eigenvalue weighted by Gasteiger charge is -2.27. The fourth-order valence-electron chi connectivity index (χ4n) is 4.21. The zero-order valence-corrected chi connectivity index (χ0v) is 17.7. The van der Waals surface area contributed by atoms with Crippen LogP contribution in [0.5, 0.6) is 0 Å².